The molecule has 1 heterocycles. The first-order valence-corrected chi connectivity index (χ1v) is 12.6. The second-order valence-corrected chi connectivity index (χ2v) is 9.85. The number of imidazole rings is 1. The van der Waals surface area contributed by atoms with Gasteiger partial charge >= 0.3 is 1.43 Å². The SMILES string of the molecule is COc1cccc(-c2nc3ccccc3n2C(C(N)=O)(C2CCCCC2)C2CCCCC2)c1.[Cl-].[H+]. The highest BCUT2D eigenvalue weighted by Crippen LogP contribution is 2.50. The quantitative estimate of drug-likeness (QED) is 0.588. The maximum Gasteiger partial charge on any atom is 1.00 e. The molecule has 2 aliphatic rings. The molecule has 0 atom stereocenters. The number of carbonyl (C=O) groups is 1. The van der Waals surface area contributed by atoms with E-state index in [1.165, 1.54) is 12.8 Å². The fourth-order valence-electron chi connectivity index (χ4n) is 6.65. The summed E-state index contributed by atoms with van der Waals surface area (Å²) < 4.78 is 7.80. The summed E-state index contributed by atoms with van der Waals surface area (Å²) in [5.41, 5.74) is 8.61. The van der Waals surface area contributed by atoms with Crippen molar-refractivity contribution in [2.24, 2.45) is 17.6 Å². The molecule has 0 saturated heterocycles. The van der Waals surface area contributed by atoms with Gasteiger partial charge in [-0.05, 0) is 61.8 Å². The molecule has 0 radical (unpaired) electrons. The largest absolute Gasteiger partial charge is 1.00 e. The van der Waals surface area contributed by atoms with Gasteiger partial charge < -0.3 is 27.4 Å². The van der Waals surface area contributed by atoms with Crippen molar-refractivity contribution in [3.8, 4) is 17.1 Å². The molecule has 5 rings (SSSR count). The smallest absolute Gasteiger partial charge is 1.00 e. The van der Waals surface area contributed by atoms with E-state index in [0.29, 0.717) is 0 Å². The van der Waals surface area contributed by atoms with Crippen molar-refractivity contribution in [1.82, 2.24) is 9.55 Å². The van der Waals surface area contributed by atoms with Gasteiger partial charge in [0.1, 0.15) is 17.1 Å². The fourth-order valence-corrected chi connectivity index (χ4v) is 6.65. The van der Waals surface area contributed by atoms with E-state index in [-0.39, 0.29) is 31.6 Å². The number of aromatic nitrogens is 2. The number of fused-ring (bicyclic) bond motifs is 1. The van der Waals surface area contributed by atoms with Crippen molar-refractivity contribution in [2.75, 3.05) is 7.11 Å². The Morgan fingerprint density at radius 1 is 0.971 bits per heavy atom. The molecule has 34 heavy (non-hydrogen) atoms. The summed E-state index contributed by atoms with van der Waals surface area (Å²) in [6.07, 6.45) is 11.3. The van der Waals surface area contributed by atoms with Crippen LogP contribution in [0.3, 0.4) is 0 Å². The van der Waals surface area contributed by atoms with Crippen LogP contribution in [0.1, 0.15) is 65.6 Å². The van der Waals surface area contributed by atoms with Crippen LogP contribution in [-0.4, -0.2) is 22.6 Å². The van der Waals surface area contributed by atoms with Gasteiger partial charge in [-0.3, -0.25) is 4.79 Å². The van der Waals surface area contributed by atoms with Crippen molar-refractivity contribution in [2.45, 2.75) is 69.7 Å². The standard InChI is InChI=1S/C28H35N3O2.ClH/c1-33-23-16-10-11-20(19-23)26-30-24-17-8-9-18-25(24)31(26)28(27(29)32,21-12-4-2-5-13-21)22-14-6-3-7-15-22;/h8-11,16-19,21-22H,2-7,12-15H2,1H3,(H2,29,32);1H. The van der Waals surface area contributed by atoms with Gasteiger partial charge in [0.05, 0.1) is 18.1 Å². The maximum atomic E-state index is 13.8. The third kappa shape index (κ3) is 4.08. The maximum absolute atomic E-state index is 13.8. The molecule has 1 aromatic heterocycles. The number of halogens is 1. The molecule has 1 amide bonds. The highest BCUT2D eigenvalue weighted by molar-refractivity contribution is 5.90. The van der Waals surface area contributed by atoms with Gasteiger partial charge in [0.25, 0.3) is 0 Å². The van der Waals surface area contributed by atoms with E-state index in [1.54, 1.807) is 7.11 Å². The van der Waals surface area contributed by atoms with Crippen LogP contribution in [-0.2, 0) is 10.3 Å². The Labute approximate surface area is 210 Å². The molecule has 5 nitrogen and oxygen atoms in total. The van der Waals surface area contributed by atoms with Crippen LogP contribution in [0.5, 0.6) is 5.75 Å². The summed E-state index contributed by atoms with van der Waals surface area (Å²) in [5.74, 6) is 1.88. The van der Waals surface area contributed by atoms with Crippen LogP contribution in [0.4, 0.5) is 0 Å². The summed E-state index contributed by atoms with van der Waals surface area (Å²) in [7, 11) is 1.68. The Balaban J connectivity index is 0.00000171. The fraction of sp³-hybridized carbons (Fsp3) is 0.500. The number of nitrogens with two attached hydrogens (primary N) is 1. The summed E-state index contributed by atoms with van der Waals surface area (Å²) in [6, 6.07) is 16.2. The third-order valence-corrected chi connectivity index (χ3v) is 8.11. The van der Waals surface area contributed by atoms with Crippen molar-refractivity contribution >= 4 is 16.9 Å². The lowest BCUT2D eigenvalue weighted by Gasteiger charge is -2.48. The highest BCUT2D eigenvalue weighted by atomic mass is 35.5. The first-order valence-electron chi connectivity index (χ1n) is 12.6. The normalized spacial score (nSPS) is 17.9. The Morgan fingerprint density at radius 2 is 1.59 bits per heavy atom. The van der Waals surface area contributed by atoms with Gasteiger partial charge in [-0.15, -0.1) is 0 Å². The van der Waals surface area contributed by atoms with Crippen molar-refractivity contribution < 1.29 is 23.4 Å². The van der Waals surface area contributed by atoms with Gasteiger partial charge in [0.15, 0.2) is 0 Å². The lowest BCUT2D eigenvalue weighted by molar-refractivity contribution is -0.135. The minimum atomic E-state index is -0.768. The van der Waals surface area contributed by atoms with E-state index >= 15 is 0 Å². The van der Waals surface area contributed by atoms with Crippen molar-refractivity contribution in [3.05, 3.63) is 48.5 Å². The number of nitrogens with zero attached hydrogens (tertiary/aromatic N) is 2. The lowest BCUT2D eigenvalue weighted by atomic mass is 9.63. The summed E-state index contributed by atoms with van der Waals surface area (Å²) in [6.45, 7) is 0. The van der Waals surface area contributed by atoms with E-state index in [4.69, 9.17) is 15.5 Å². The van der Waals surface area contributed by atoms with E-state index in [2.05, 4.69) is 16.7 Å². The number of carbonyl (C=O) groups excluding carboxylic acids is 1. The molecule has 2 aliphatic carbocycles. The molecule has 2 aromatic carbocycles. The molecule has 0 unspecified atom stereocenters. The number of para-hydroxylation sites is 2. The average Bonchev–Trinajstić information content (AvgIpc) is 3.26. The number of hydrogen-bond donors (Lipinski definition) is 1. The minimum absolute atomic E-state index is 0. The van der Waals surface area contributed by atoms with Crippen LogP contribution < -0.4 is 22.9 Å². The summed E-state index contributed by atoms with van der Waals surface area (Å²) in [4.78, 5) is 18.9. The van der Waals surface area contributed by atoms with Gasteiger partial charge in [0.2, 0.25) is 5.91 Å². The van der Waals surface area contributed by atoms with Crippen LogP contribution in [0.2, 0.25) is 0 Å². The molecular weight excluding hydrogens is 446 g/mol. The number of hydrogen-bond acceptors (Lipinski definition) is 3. The third-order valence-electron chi connectivity index (χ3n) is 8.11. The minimum Gasteiger partial charge on any atom is -1.00 e. The second-order valence-electron chi connectivity index (χ2n) is 9.85. The highest BCUT2D eigenvalue weighted by Gasteiger charge is 2.53. The zero-order valence-corrected chi connectivity index (χ0v) is 20.8. The van der Waals surface area contributed by atoms with Crippen LogP contribution in [0, 0.1) is 11.8 Å². The number of rotatable bonds is 6. The van der Waals surface area contributed by atoms with E-state index in [0.717, 1.165) is 79.5 Å². The van der Waals surface area contributed by atoms with Gasteiger partial charge in [-0.2, -0.15) is 0 Å². The number of methoxy groups -OCH3 is 1. The topological polar surface area (TPSA) is 70.1 Å². The van der Waals surface area contributed by atoms with Gasteiger partial charge in [-0.1, -0.05) is 62.8 Å². The van der Waals surface area contributed by atoms with Crippen molar-refractivity contribution in [3.63, 3.8) is 0 Å². The molecule has 2 fully saturated rings. The van der Waals surface area contributed by atoms with Gasteiger partial charge in [0, 0.05) is 5.56 Å². The van der Waals surface area contributed by atoms with Crippen LogP contribution in [0.25, 0.3) is 22.4 Å². The predicted molar refractivity (Wildman–Crippen MR) is 133 cm³/mol. The zero-order chi connectivity index (χ0) is 22.8. The summed E-state index contributed by atoms with van der Waals surface area (Å²) in [5, 5.41) is 0. The molecule has 0 aliphatic heterocycles. The zero-order valence-electron chi connectivity index (χ0n) is 21.0. The van der Waals surface area contributed by atoms with Gasteiger partial charge in [-0.25, -0.2) is 4.98 Å². The molecule has 3 aromatic rings. The number of primary amides is 1. The Kier molecular flexibility index (Phi) is 7.51. The lowest BCUT2D eigenvalue weighted by Crippen LogP contribution is -3.00. The second kappa shape index (κ2) is 10.4. The molecule has 0 spiro atoms. The van der Waals surface area contributed by atoms with Crippen molar-refractivity contribution in [1.29, 1.82) is 0 Å². The van der Waals surface area contributed by atoms with E-state index in [1.807, 2.05) is 36.4 Å². The molecule has 2 N–H and O–H groups in total. The molecule has 0 bridgehead atoms. The summed E-state index contributed by atoms with van der Waals surface area (Å²) >= 11 is 0. The van der Waals surface area contributed by atoms with E-state index < -0.39 is 5.54 Å². The Hall–Kier alpha value is -2.53. The first kappa shape index (κ1) is 24.6. The van der Waals surface area contributed by atoms with Crippen LogP contribution >= 0.6 is 0 Å². The molecule has 6 heteroatoms. The molecule has 182 valence electrons. The number of ether oxygens (including phenoxy) is 1. The number of benzene rings is 2. The predicted octanol–water partition coefficient (Wildman–Crippen LogP) is 3.17. The first-order chi connectivity index (χ1) is 16.2. The Morgan fingerprint density at radius 3 is 2.18 bits per heavy atom. The Bertz CT molecular complexity index is 1120. The van der Waals surface area contributed by atoms with E-state index in [9.17, 15) is 4.79 Å². The van der Waals surface area contributed by atoms with Crippen LogP contribution in [0.15, 0.2) is 48.5 Å². The molecular formula is C28H36ClN3O2. The number of amides is 1. The average molecular weight is 482 g/mol. The molecule has 2 saturated carbocycles. The monoisotopic (exact) mass is 481 g/mol.